The number of non-ortho nitro benzene ring substituents is 1. The van der Waals surface area contributed by atoms with Crippen molar-refractivity contribution in [3.05, 3.63) is 70.3 Å². The summed E-state index contributed by atoms with van der Waals surface area (Å²) in [5, 5.41) is 31.8. The van der Waals surface area contributed by atoms with Crippen molar-refractivity contribution in [2.24, 2.45) is 0 Å². The van der Waals surface area contributed by atoms with Crippen molar-refractivity contribution in [3.8, 4) is 5.75 Å². The fourth-order valence-corrected chi connectivity index (χ4v) is 3.70. The fourth-order valence-electron chi connectivity index (χ4n) is 3.28. The number of alkyl halides is 2. The molecule has 11 nitrogen and oxygen atoms in total. The molecule has 1 aliphatic heterocycles. The Morgan fingerprint density at radius 2 is 1.68 bits per heavy atom. The monoisotopic (exact) mass is 505 g/mol. The lowest BCUT2D eigenvalue weighted by Gasteiger charge is -2.43. The summed E-state index contributed by atoms with van der Waals surface area (Å²) >= 11 is 0. The van der Waals surface area contributed by atoms with Crippen LogP contribution in [0.15, 0.2) is 54.6 Å². The first-order chi connectivity index (χ1) is 15.9. The summed E-state index contributed by atoms with van der Waals surface area (Å²) in [4.78, 5) is 28.2. The molecule has 0 spiro atoms. The molecule has 1 fully saturated rings. The van der Waals surface area contributed by atoms with Gasteiger partial charge in [-0.25, -0.2) is 0 Å². The zero-order chi connectivity index (χ0) is 25.1. The Morgan fingerprint density at radius 3 is 2.24 bits per heavy atom. The third-order valence-electron chi connectivity index (χ3n) is 5.10. The molecule has 2 aromatic carbocycles. The third kappa shape index (κ3) is 6.13. The Hall–Kier alpha value is -2.51. The molecule has 0 aromatic heterocycles. The van der Waals surface area contributed by atoms with Crippen LogP contribution in [-0.2, 0) is 20.6 Å². The molecule has 3 rings (SSSR count). The number of nitro groups is 1. The molecule has 1 aliphatic rings. The van der Waals surface area contributed by atoms with Crippen molar-refractivity contribution in [1.82, 2.24) is 0 Å². The van der Waals surface area contributed by atoms with Crippen LogP contribution in [0.3, 0.4) is 0 Å². The first kappa shape index (κ1) is 26.1. The molecule has 34 heavy (non-hydrogen) atoms. The third-order valence-corrected chi connectivity index (χ3v) is 6.13. The normalized spacial score (nSPS) is 25.6. The number of nitro benzene ring substituents is 1. The molecular weight excluding hydrogens is 483 g/mol. The maximum atomic E-state index is 14.2. The molecule has 2 aromatic rings. The number of nitrogens with zero attached hydrogens (tertiary/aromatic N) is 1. The minimum Gasteiger partial charge on any atom is -0.462 e. The topological polar surface area (TPSA) is 169 Å². The maximum absolute atomic E-state index is 14.2. The van der Waals surface area contributed by atoms with Crippen LogP contribution in [-0.4, -0.2) is 61.3 Å². The van der Waals surface area contributed by atoms with E-state index in [9.17, 15) is 33.7 Å². The molecular formula is C20H22F2NO10P. The van der Waals surface area contributed by atoms with E-state index in [-0.39, 0.29) is 18.0 Å². The van der Waals surface area contributed by atoms with Gasteiger partial charge in [-0.05, 0) is 17.7 Å². The number of rotatable bonds is 9. The first-order valence-electron chi connectivity index (χ1n) is 9.91. The van der Waals surface area contributed by atoms with Gasteiger partial charge in [0.1, 0.15) is 24.1 Å². The Kier molecular flexibility index (Phi) is 7.98. The smallest absolute Gasteiger partial charge is 0.394 e. The second-order valence-corrected chi connectivity index (χ2v) is 9.31. The lowest BCUT2D eigenvalue weighted by molar-refractivity contribution is -0.384. The molecule has 0 aliphatic carbocycles. The lowest BCUT2D eigenvalue weighted by Crippen LogP contribution is -2.60. The van der Waals surface area contributed by atoms with Gasteiger partial charge in [-0.3, -0.25) is 14.7 Å². The maximum Gasteiger partial charge on any atom is 0.394 e. The minimum absolute atomic E-state index is 0.0500. The van der Waals surface area contributed by atoms with Crippen molar-refractivity contribution in [1.29, 1.82) is 0 Å². The highest BCUT2D eigenvalue weighted by atomic mass is 31.2. The molecule has 186 valence electrons. The van der Waals surface area contributed by atoms with Gasteiger partial charge in [0, 0.05) is 12.1 Å². The van der Waals surface area contributed by atoms with Gasteiger partial charge in [0.25, 0.3) is 5.69 Å². The number of hydrogen-bond acceptors (Lipinski definition) is 8. The Bertz CT molecular complexity index is 1020. The van der Waals surface area contributed by atoms with Gasteiger partial charge >= 0.3 is 13.3 Å². The van der Waals surface area contributed by atoms with E-state index in [2.05, 4.69) is 0 Å². The van der Waals surface area contributed by atoms with Gasteiger partial charge in [0.15, 0.2) is 0 Å². The molecule has 0 bridgehead atoms. The van der Waals surface area contributed by atoms with Crippen LogP contribution >= 0.6 is 7.60 Å². The number of benzene rings is 2. The second kappa shape index (κ2) is 10.4. The van der Waals surface area contributed by atoms with Crippen LogP contribution in [0.5, 0.6) is 5.75 Å². The average Bonchev–Trinajstić information content (AvgIpc) is 2.77. The van der Waals surface area contributed by atoms with Gasteiger partial charge in [0.2, 0.25) is 6.29 Å². The lowest BCUT2D eigenvalue weighted by atomic mass is 9.96. The molecule has 0 unspecified atom stereocenters. The summed E-state index contributed by atoms with van der Waals surface area (Å²) < 4.78 is 55.9. The van der Waals surface area contributed by atoms with E-state index in [0.29, 0.717) is 5.56 Å². The van der Waals surface area contributed by atoms with E-state index in [1.54, 1.807) is 30.3 Å². The van der Waals surface area contributed by atoms with Gasteiger partial charge in [-0.1, -0.05) is 30.3 Å². The van der Waals surface area contributed by atoms with Crippen molar-refractivity contribution in [2.75, 3.05) is 0 Å². The van der Waals surface area contributed by atoms with Crippen LogP contribution in [0.2, 0.25) is 0 Å². The van der Waals surface area contributed by atoms with E-state index in [1.165, 1.54) is 0 Å². The van der Waals surface area contributed by atoms with Crippen LogP contribution in [0, 0.1) is 10.1 Å². The molecule has 4 N–H and O–H groups in total. The van der Waals surface area contributed by atoms with E-state index in [0.717, 1.165) is 24.3 Å². The van der Waals surface area contributed by atoms with Crippen molar-refractivity contribution < 1.29 is 52.5 Å². The van der Waals surface area contributed by atoms with E-state index >= 15 is 0 Å². The van der Waals surface area contributed by atoms with E-state index < -0.39 is 55.3 Å². The predicted octanol–water partition coefficient (Wildman–Crippen LogP) is 2.17. The van der Waals surface area contributed by atoms with Gasteiger partial charge < -0.3 is 34.2 Å². The Balaban J connectivity index is 1.82. The summed E-state index contributed by atoms with van der Waals surface area (Å²) in [5.74, 6) is -0.0500. The highest BCUT2D eigenvalue weighted by Gasteiger charge is 2.55. The minimum atomic E-state index is -5.89. The van der Waals surface area contributed by atoms with E-state index in [1.807, 2.05) is 0 Å². The highest BCUT2D eigenvalue weighted by Crippen LogP contribution is 2.56. The van der Waals surface area contributed by atoms with Gasteiger partial charge in [-0.2, -0.15) is 8.78 Å². The number of ether oxygens (including phenoxy) is 3. The molecule has 0 radical (unpaired) electrons. The number of aliphatic hydroxyl groups excluding tert-OH is 2. The highest BCUT2D eigenvalue weighted by molar-refractivity contribution is 7.53. The summed E-state index contributed by atoms with van der Waals surface area (Å²) in [5.41, 5.74) is -4.17. The summed E-state index contributed by atoms with van der Waals surface area (Å²) in [6.07, 6.45) is -10.3. The average molecular weight is 505 g/mol. The quantitative estimate of drug-likeness (QED) is 0.225. The second-order valence-electron chi connectivity index (χ2n) is 7.57. The van der Waals surface area contributed by atoms with Crippen molar-refractivity contribution in [3.63, 3.8) is 0 Å². The first-order valence-corrected chi connectivity index (χ1v) is 11.5. The number of halogens is 2. The van der Waals surface area contributed by atoms with Gasteiger partial charge in [0.05, 0.1) is 24.1 Å². The van der Waals surface area contributed by atoms with Crippen LogP contribution in [0.4, 0.5) is 14.5 Å². The molecule has 0 saturated carbocycles. The van der Waals surface area contributed by atoms with Crippen molar-refractivity contribution >= 4 is 13.3 Å². The largest absolute Gasteiger partial charge is 0.462 e. The van der Waals surface area contributed by atoms with Crippen LogP contribution < -0.4 is 4.74 Å². The zero-order valence-corrected chi connectivity index (χ0v) is 18.3. The summed E-state index contributed by atoms with van der Waals surface area (Å²) in [6, 6.07) is 12.9. The van der Waals surface area contributed by atoms with Crippen molar-refractivity contribution in [2.45, 2.75) is 49.4 Å². The summed E-state index contributed by atoms with van der Waals surface area (Å²) in [7, 11) is -5.89. The Labute approximate surface area is 191 Å². The molecule has 0 amide bonds. The van der Waals surface area contributed by atoms with E-state index in [4.69, 9.17) is 24.0 Å². The van der Waals surface area contributed by atoms with Crippen LogP contribution in [0.1, 0.15) is 12.0 Å². The van der Waals surface area contributed by atoms with Crippen LogP contribution in [0.25, 0.3) is 0 Å². The predicted molar refractivity (Wildman–Crippen MR) is 111 cm³/mol. The number of hydrogen-bond donors (Lipinski definition) is 4. The molecule has 14 heteroatoms. The Morgan fingerprint density at radius 1 is 1.06 bits per heavy atom. The molecule has 1 heterocycles. The fraction of sp³-hybridized carbons (Fsp3) is 0.400. The SMILES string of the molecule is O=[N+]([O-])c1ccc(O[C@H]2O[C@H](CC(F)(F)P(=O)(O)O)[C@@H](OCc3ccccc3)[C@H](O)[C@@H]2O)cc1. The molecule has 1 saturated heterocycles. The molecule has 5 atom stereocenters. The zero-order valence-electron chi connectivity index (χ0n) is 17.4. The standard InChI is InChI=1S/C20H22F2NO10P/c21-20(22,34(28,29)30)10-15-18(31-11-12-4-2-1-3-5-12)16(24)17(25)19(33-15)32-14-8-6-13(7-9-14)23(26)27/h1-9,15-19,24-25H,10-11H2,(H2,28,29,30)/t15-,16-,17+,18-,19+/m1/s1. The number of aliphatic hydroxyl groups is 2. The summed E-state index contributed by atoms with van der Waals surface area (Å²) in [6.45, 7) is -0.176. The van der Waals surface area contributed by atoms with Gasteiger partial charge in [-0.15, -0.1) is 0 Å².